The Morgan fingerprint density at radius 1 is 1.10 bits per heavy atom. The highest BCUT2D eigenvalue weighted by Gasteiger charge is 2.27. The van der Waals surface area contributed by atoms with Gasteiger partial charge in [0.05, 0.1) is 17.5 Å². The van der Waals surface area contributed by atoms with Crippen LogP contribution in [-0.4, -0.2) is 32.9 Å². The molecule has 3 rings (SSSR count). The standard InChI is InChI=1S/C23H30N2O3S2/c1-3-4-5-6-9-16-29-19-12-13-22-18(17-19)14-15-25(22)23(26)20-10-7-8-11-21(20)24-30(2,27)28/h7-8,10-13,17,24H,3-6,9,14-16H2,1-2H3. The van der Waals surface area contributed by atoms with Crippen LogP contribution in [0.3, 0.4) is 0 Å². The Balaban J connectivity index is 1.68. The average Bonchev–Trinajstić information content (AvgIpc) is 3.12. The summed E-state index contributed by atoms with van der Waals surface area (Å²) in [5, 5.41) is 0. The van der Waals surface area contributed by atoms with Gasteiger partial charge in [0.1, 0.15) is 0 Å². The molecule has 1 aliphatic rings. The summed E-state index contributed by atoms with van der Waals surface area (Å²) in [4.78, 5) is 16.2. The fourth-order valence-electron chi connectivity index (χ4n) is 3.68. The Morgan fingerprint density at radius 2 is 1.87 bits per heavy atom. The highest BCUT2D eigenvalue weighted by molar-refractivity contribution is 7.99. The molecule has 0 aliphatic carbocycles. The molecule has 1 amide bonds. The lowest BCUT2D eigenvalue weighted by molar-refractivity contribution is 0.0990. The predicted molar refractivity (Wildman–Crippen MR) is 126 cm³/mol. The Kier molecular flexibility index (Phi) is 7.83. The summed E-state index contributed by atoms with van der Waals surface area (Å²) >= 11 is 1.88. The van der Waals surface area contributed by atoms with Gasteiger partial charge in [-0.1, -0.05) is 44.7 Å². The van der Waals surface area contributed by atoms with Gasteiger partial charge in [0, 0.05) is 17.1 Å². The second-order valence-corrected chi connectivity index (χ2v) is 10.6. The maximum Gasteiger partial charge on any atom is 0.260 e. The molecule has 0 fully saturated rings. The zero-order chi connectivity index (χ0) is 21.6. The number of carbonyl (C=O) groups is 1. The molecular weight excluding hydrogens is 416 g/mol. The fraction of sp³-hybridized carbons (Fsp3) is 0.435. The minimum atomic E-state index is -3.46. The molecule has 1 N–H and O–H groups in total. The summed E-state index contributed by atoms with van der Waals surface area (Å²) in [6.45, 7) is 2.83. The lowest BCUT2D eigenvalue weighted by Gasteiger charge is -2.19. The topological polar surface area (TPSA) is 66.5 Å². The first-order chi connectivity index (χ1) is 14.4. The van der Waals surface area contributed by atoms with Crippen molar-refractivity contribution in [3.63, 3.8) is 0 Å². The number of carbonyl (C=O) groups excluding carboxylic acids is 1. The van der Waals surface area contributed by atoms with Gasteiger partial charge in [-0.05, 0) is 54.5 Å². The first-order valence-corrected chi connectivity index (χ1v) is 13.4. The third-order valence-electron chi connectivity index (χ3n) is 5.16. The van der Waals surface area contributed by atoms with E-state index < -0.39 is 10.0 Å². The van der Waals surface area contributed by atoms with Crippen LogP contribution in [0.4, 0.5) is 11.4 Å². The molecule has 2 aromatic rings. The van der Waals surface area contributed by atoms with Gasteiger partial charge in [-0.15, -0.1) is 11.8 Å². The molecule has 0 saturated carbocycles. The van der Waals surface area contributed by atoms with Gasteiger partial charge in [-0.3, -0.25) is 9.52 Å². The molecule has 0 aromatic heterocycles. The molecule has 1 aliphatic heterocycles. The van der Waals surface area contributed by atoms with E-state index in [-0.39, 0.29) is 5.91 Å². The molecule has 2 aromatic carbocycles. The summed E-state index contributed by atoms with van der Waals surface area (Å²) in [7, 11) is -3.46. The number of benzene rings is 2. The third kappa shape index (κ3) is 6.01. The maximum absolute atomic E-state index is 13.2. The van der Waals surface area contributed by atoms with Crippen molar-refractivity contribution in [2.24, 2.45) is 0 Å². The van der Waals surface area contributed by atoms with Gasteiger partial charge in [-0.2, -0.15) is 0 Å². The van der Waals surface area contributed by atoms with E-state index in [0.29, 0.717) is 17.8 Å². The van der Waals surface area contributed by atoms with Crippen molar-refractivity contribution in [3.05, 3.63) is 53.6 Å². The normalized spacial score (nSPS) is 13.3. The molecule has 0 saturated heterocycles. The first-order valence-electron chi connectivity index (χ1n) is 10.5. The van der Waals surface area contributed by atoms with Crippen molar-refractivity contribution in [2.45, 2.75) is 50.3 Å². The molecule has 30 heavy (non-hydrogen) atoms. The smallest absolute Gasteiger partial charge is 0.260 e. The summed E-state index contributed by atoms with van der Waals surface area (Å²) in [6.07, 6.45) is 8.31. The van der Waals surface area contributed by atoms with E-state index in [4.69, 9.17) is 0 Å². The Hall–Kier alpha value is -1.99. The van der Waals surface area contributed by atoms with Crippen LogP contribution in [0.25, 0.3) is 0 Å². The van der Waals surface area contributed by atoms with E-state index in [2.05, 4.69) is 23.8 Å². The van der Waals surface area contributed by atoms with E-state index in [1.165, 1.54) is 42.6 Å². The molecule has 0 spiro atoms. The van der Waals surface area contributed by atoms with E-state index >= 15 is 0 Å². The van der Waals surface area contributed by atoms with Crippen LogP contribution in [0.2, 0.25) is 0 Å². The van der Waals surface area contributed by atoms with Crippen LogP contribution in [-0.2, 0) is 16.4 Å². The van der Waals surface area contributed by atoms with E-state index in [9.17, 15) is 13.2 Å². The molecule has 0 atom stereocenters. The number of hydrogen-bond donors (Lipinski definition) is 1. The zero-order valence-electron chi connectivity index (χ0n) is 17.7. The predicted octanol–water partition coefficient (Wildman–Crippen LogP) is 5.32. The SMILES string of the molecule is CCCCCCCSc1ccc2c(c1)CCN2C(=O)c1ccccc1NS(C)(=O)=O. The highest BCUT2D eigenvalue weighted by atomic mass is 32.2. The number of unbranched alkanes of at least 4 members (excludes halogenated alkanes) is 4. The summed E-state index contributed by atoms with van der Waals surface area (Å²) in [5.74, 6) is 0.937. The highest BCUT2D eigenvalue weighted by Crippen LogP contribution is 2.34. The van der Waals surface area contributed by atoms with Crippen molar-refractivity contribution in [1.82, 2.24) is 0 Å². The number of rotatable bonds is 10. The Labute approximate surface area is 184 Å². The van der Waals surface area contributed by atoms with Crippen molar-refractivity contribution in [3.8, 4) is 0 Å². The molecule has 5 nitrogen and oxygen atoms in total. The Morgan fingerprint density at radius 3 is 2.63 bits per heavy atom. The maximum atomic E-state index is 13.2. The third-order valence-corrected chi connectivity index (χ3v) is 6.83. The zero-order valence-corrected chi connectivity index (χ0v) is 19.3. The molecule has 0 radical (unpaired) electrons. The van der Waals surface area contributed by atoms with Crippen molar-refractivity contribution in [1.29, 1.82) is 0 Å². The number of hydrogen-bond acceptors (Lipinski definition) is 4. The quantitative estimate of drug-likeness (QED) is 0.396. The number of nitrogens with one attached hydrogen (secondary N) is 1. The van der Waals surface area contributed by atoms with Crippen LogP contribution >= 0.6 is 11.8 Å². The number of nitrogens with zero attached hydrogens (tertiary/aromatic N) is 1. The van der Waals surface area contributed by atoms with Gasteiger partial charge >= 0.3 is 0 Å². The van der Waals surface area contributed by atoms with Crippen LogP contribution < -0.4 is 9.62 Å². The molecule has 0 bridgehead atoms. The minimum absolute atomic E-state index is 0.183. The second kappa shape index (κ2) is 10.4. The number of sulfonamides is 1. The van der Waals surface area contributed by atoms with Crippen LogP contribution in [0.5, 0.6) is 0 Å². The lowest BCUT2D eigenvalue weighted by Crippen LogP contribution is -2.30. The molecule has 7 heteroatoms. The monoisotopic (exact) mass is 446 g/mol. The van der Waals surface area contributed by atoms with Gasteiger partial charge < -0.3 is 4.90 Å². The number of amides is 1. The van der Waals surface area contributed by atoms with Crippen molar-refractivity contribution in [2.75, 3.05) is 28.2 Å². The van der Waals surface area contributed by atoms with Crippen LogP contribution in [0.15, 0.2) is 47.4 Å². The fourth-order valence-corrected chi connectivity index (χ4v) is 5.23. The Bertz CT molecular complexity index is 990. The summed E-state index contributed by atoms with van der Waals surface area (Å²) in [5.41, 5.74) is 2.77. The van der Waals surface area contributed by atoms with Gasteiger partial charge in [-0.25, -0.2) is 8.42 Å². The lowest BCUT2D eigenvalue weighted by atomic mass is 10.1. The van der Waals surface area contributed by atoms with Crippen molar-refractivity contribution >= 4 is 39.1 Å². The van der Waals surface area contributed by atoms with Crippen molar-refractivity contribution < 1.29 is 13.2 Å². The molecule has 162 valence electrons. The van der Waals surface area contributed by atoms with E-state index in [1.54, 1.807) is 29.2 Å². The first kappa shape index (κ1) is 22.7. The molecule has 1 heterocycles. The van der Waals surface area contributed by atoms with E-state index in [0.717, 1.165) is 24.1 Å². The summed E-state index contributed by atoms with van der Waals surface area (Å²) in [6, 6.07) is 13.0. The van der Waals surface area contributed by atoms with Gasteiger partial charge in [0.25, 0.3) is 5.91 Å². The molecule has 0 unspecified atom stereocenters. The van der Waals surface area contributed by atoms with Crippen LogP contribution in [0.1, 0.15) is 54.9 Å². The van der Waals surface area contributed by atoms with Gasteiger partial charge in [0.2, 0.25) is 10.0 Å². The average molecular weight is 447 g/mol. The summed E-state index contributed by atoms with van der Waals surface area (Å²) < 4.78 is 25.8. The number of fused-ring (bicyclic) bond motifs is 1. The number of anilines is 2. The number of para-hydroxylation sites is 1. The minimum Gasteiger partial charge on any atom is -0.308 e. The van der Waals surface area contributed by atoms with E-state index in [1.807, 2.05) is 17.8 Å². The molecular formula is C23H30N2O3S2. The largest absolute Gasteiger partial charge is 0.308 e. The van der Waals surface area contributed by atoms with Gasteiger partial charge in [0.15, 0.2) is 0 Å². The number of thioether (sulfide) groups is 1. The second-order valence-electron chi connectivity index (χ2n) is 7.68. The van der Waals surface area contributed by atoms with Crippen LogP contribution in [0, 0.1) is 0 Å².